The molecule has 6 aliphatic rings. The normalized spacial score (nSPS) is 21.0. The lowest BCUT2D eigenvalue weighted by Crippen LogP contribution is -2.28. The molecule has 0 aliphatic heterocycles. The summed E-state index contributed by atoms with van der Waals surface area (Å²) in [6.45, 7) is 15.9. The largest absolute Gasteiger partial charge is 0.476 e. The number of aromatic amines is 1. The molecule has 4 spiro atoms. The Bertz CT molecular complexity index is 1750. The van der Waals surface area contributed by atoms with Gasteiger partial charge in [0.15, 0.2) is 0 Å². The third-order valence-corrected chi connectivity index (χ3v) is 12.2. The van der Waals surface area contributed by atoms with Crippen molar-refractivity contribution in [1.29, 1.82) is 0 Å². The Morgan fingerprint density at radius 2 is 1.18 bits per heavy atom. The van der Waals surface area contributed by atoms with E-state index in [9.17, 15) is 14.4 Å². The third kappa shape index (κ3) is 9.56. The second-order valence-electron chi connectivity index (χ2n) is 17.6. The first-order valence-corrected chi connectivity index (χ1v) is 19.4. The molecule has 6 aliphatic carbocycles. The van der Waals surface area contributed by atoms with Crippen LogP contribution in [0.15, 0.2) is 17.2 Å². The number of aliphatic hydroxyl groups excluding tert-OH is 1. The van der Waals surface area contributed by atoms with E-state index < -0.39 is 23.4 Å². The number of H-pyrrole nitrogens is 1. The first-order chi connectivity index (χ1) is 25.8. The van der Waals surface area contributed by atoms with Crippen LogP contribution in [0.2, 0.25) is 0 Å². The van der Waals surface area contributed by atoms with Gasteiger partial charge in [-0.25, -0.2) is 9.59 Å². The molecule has 6 saturated carbocycles. The van der Waals surface area contributed by atoms with Crippen LogP contribution in [-0.2, 0) is 41.5 Å². The maximum absolute atomic E-state index is 12.1. The Labute approximate surface area is 321 Å². The minimum absolute atomic E-state index is 0.247. The van der Waals surface area contributed by atoms with Gasteiger partial charge in [0.1, 0.15) is 11.2 Å². The molecule has 0 radical (unpaired) electrons. The number of rotatable bonds is 8. The number of fused-ring (bicyclic) bond motifs is 2. The van der Waals surface area contributed by atoms with Gasteiger partial charge in [-0.05, 0) is 152 Å². The number of aromatic nitrogens is 4. The van der Waals surface area contributed by atoms with Gasteiger partial charge in [0, 0.05) is 30.1 Å². The second kappa shape index (κ2) is 16.4. The number of hydrogen-bond donors (Lipinski definition) is 2. The van der Waals surface area contributed by atoms with E-state index in [1.54, 1.807) is 27.0 Å². The molecule has 6 fully saturated rings. The van der Waals surface area contributed by atoms with E-state index >= 15 is 0 Å². The predicted octanol–water partition coefficient (Wildman–Crippen LogP) is 6.10. The molecular formula is C40H58N4O11. The number of hydrogen-bond acceptors (Lipinski definition) is 12. The first kappa shape index (κ1) is 43.4. The molecule has 15 nitrogen and oxygen atoms in total. The minimum atomic E-state index is -0.570. The fraction of sp³-hybridized carbons (Fsp3) is 0.750. The summed E-state index contributed by atoms with van der Waals surface area (Å²) in [5.41, 5.74) is 3.26. The van der Waals surface area contributed by atoms with Crippen LogP contribution in [0.5, 0.6) is 5.88 Å². The summed E-state index contributed by atoms with van der Waals surface area (Å²) in [5.74, 6) is 2.41. The number of ether oxygens (including phenoxy) is 3. The van der Waals surface area contributed by atoms with Crippen LogP contribution in [0.3, 0.4) is 0 Å². The maximum Gasteiger partial charge on any atom is 0.435 e. The van der Waals surface area contributed by atoms with Crippen molar-refractivity contribution >= 4 is 24.5 Å². The van der Waals surface area contributed by atoms with Crippen LogP contribution in [0, 0.1) is 33.5 Å². The third-order valence-electron chi connectivity index (χ3n) is 12.2. The van der Waals surface area contributed by atoms with Gasteiger partial charge >= 0.3 is 24.5 Å². The van der Waals surface area contributed by atoms with E-state index in [-0.39, 0.29) is 17.9 Å². The van der Waals surface area contributed by atoms with Crippen LogP contribution in [0.4, 0.5) is 9.59 Å². The van der Waals surface area contributed by atoms with E-state index in [1.165, 1.54) is 62.2 Å². The van der Waals surface area contributed by atoms with E-state index in [2.05, 4.69) is 10.2 Å². The van der Waals surface area contributed by atoms with Crippen LogP contribution in [0.1, 0.15) is 131 Å². The lowest BCUT2D eigenvalue weighted by molar-refractivity contribution is -0.193. The molecule has 55 heavy (non-hydrogen) atoms. The zero-order valence-corrected chi connectivity index (χ0v) is 33.6. The summed E-state index contributed by atoms with van der Waals surface area (Å²) >= 11 is 0. The summed E-state index contributed by atoms with van der Waals surface area (Å²) < 4.78 is 18.7. The number of aliphatic hydroxyl groups is 1. The summed E-state index contributed by atoms with van der Waals surface area (Å²) in [5, 5.41) is 15.5. The number of aryl methyl sites for hydroxylation is 2. The number of carbonyl (C=O) groups is 2. The molecule has 2 aromatic heterocycles. The van der Waals surface area contributed by atoms with Crippen molar-refractivity contribution in [2.45, 2.75) is 144 Å². The zero-order chi connectivity index (χ0) is 41.0. The Morgan fingerprint density at radius 3 is 1.55 bits per heavy atom. The highest BCUT2D eigenvalue weighted by atomic mass is 16.6. The topological polar surface area (TPSA) is 206 Å². The van der Waals surface area contributed by atoms with Gasteiger partial charge in [-0.3, -0.25) is 9.89 Å². The average molecular weight is 771 g/mol. The van der Waals surface area contributed by atoms with Crippen molar-refractivity contribution in [3.63, 3.8) is 0 Å². The van der Waals surface area contributed by atoms with Crippen molar-refractivity contribution in [2.75, 3.05) is 13.2 Å². The Morgan fingerprint density at radius 1 is 0.764 bits per heavy atom. The molecular weight excluding hydrogens is 712 g/mol. The maximum atomic E-state index is 12.1. The van der Waals surface area contributed by atoms with Gasteiger partial charge in [-0.1, -0.05) is 13.8 Å². The monoisotopic (exact) mass is 770 g/mol. The van der Waals surface area contributed by atoms with Crippen LogP contribution < -0.4 is 10.3 Å². The van der Waals surface area contributed by atoms with Crippen LogP contribution in [-0.4, -0.2) is 73.6 Å². The van der Waals surface area contributed by atoms with Crippen molar-refractivity contribution < 1.29 is 48.1 Å². The second-order valence-corrected chi connectivity index (χ2v) is 17.6. The highest BCUT2D eigenvalue weighted by molar-refractivity contribution is 5.70. The fourth-order valence-electron chi connectivity index (χ4n) is 9.36. The fourth-order valence-corrected chi connectivity index (χ4v) is 9.36. The molecule has 15 heteroatoms. The molecule has 0 saturated heterocycles. The standard InChI is InChI=1S/C19H28N2O3.C10H16N2O3.C9H14O.2CO2/c1-5-13-12-21(16(22)24-17(2,3)4)20-15(13)23-11-6-14-18(7-8-18)19(14)9-10-19;1-5-7-6-12(11-8(7)13)9(14)15-10(2,3)4;10-6-1-7-8(2-3-8)9(7)4-5-9;2*2-1-3/h12,14H,5-11H2,1-4H3;6H,5H2,1-4H3,(H,11,13);7,10H,1-6H2;;. The smallest absolute Gasteiger partial charge is 0.435 e. The van der Waals surface area contributed by atoms with Gasteiger partial charge in [0.2, 0.25) is 5.88 Å². The summed E-state index contributed by atoms with van der Waals surface area (Å²) in [7, 11) is 0. The van der Waals surface area contributed by atoms with Crippen LogP contribution in [0.25, 0.3) is 0 Å². The molecule has 2 heterocycles. The van der Waals surface area contributed by atoms with Gasteiger partial charge in [0.25, 0.3) is 5.56 Å². The lowest BCUT2D eigenvalue weighted by atomic mass is 10.2. The van der Waals surface area contributed by atoms with Crippen molar-refractivity contribution in [1.82, 2.24) is 19.6 Å². The minimum Gasteiger partial charge on any atom is -0.476 e. The SMILES string of the molecule is CCc1cn(C(=O)OC(C)(C)C)[nH]c1=O.CCc1cn(C(=O)OC(C)(C)C)nc1OCCC1C2(CC2)C12CC2.O=C=O.O=C=O.OCCC1C2(CC2)C12CC2. The summed E-state index contributed by atoms with van der Waals surface area (Å²) in [6, 6.07) is 0. The molecule has 0 unspecified atom stereocenters. The highest BCUT2D eigenvalue weighted by Gasteiger charge is 2.86. The van der Waals surface area contributed by atoms with Gasteiger partial charge in [-0.2, -0.15) is 28.5 Å². The molecule has 0 bridgehead atoms. The quantitative estimate of drug-likeness (QED) is 0.312. The number of nitrogens with zero attached hydrogens (tertiary/aromatic N) is 3. The number of nitrogens with one attached hydrogen (secondary N) is 1. The first-order valence-electron chi connectivity index (χ1n) is 19.4. The van der Waals surface area contributed by atoms with Crippen molar-refractivity contribution in [2.24, 2.45) is 33.5 Å². The molecule has 0 atom stereocenters. The Balaban J connectivity index is 0.000000184. The van der Waals surface area contributed by atoms with E-state index in [0.717, 1.165) is 63.0 Å². The zero-order valence-electron chi connectivity index (χ0n) is 33.6. The molecule has 2 N–H and O–H groups in total. The van der Waals surface area contributed by atoms with Crippen molar-refractivity contribution in [3.8, 4) is 5.88 Å². The van der Waals surface area contributed by atoms with Crippen LogP contribution >= 0.6 is 0 Å². The molecule has 0 aromatic carbocycles. The predicted molar refractivity (Wildman–Crippen MR) is 195 cm³/mol. The molecule has 0 amide bonds. The average Bonchev–Trinajstić information content (AvgIpc) is 3.85. The van der Waals surface area contributed by atoms with Gasteiger partial charge in [0.05, 0.1) is 6.61 Å². The lowest BCUT2D eigenvalue weighted by Gasteiger charge is -2.18. The molecule has 8 rings (SSSR count). The number of carbonyl (C=O) groups excluding carboxylic acids is 6. The molecule has 2 aromatic rings. The Kier molecular flexibility index (Phi) is 13.0. The summed E-state index contributed by atoms with van der Waals surface area (Å²) in [4.78, 5) is 67.4. The van der Waals surface area contributed by atoms with E-state index in [0.29, 0.717) is 31.1 Å². The summed E-state index contributed by atoms with van der Waals surface area (Å²) in [6.07, 6.45) is 17.9. The van der Waals surface area contributed by atoms with E-state index in [4.69, 9.17) is 38.5 Å². The van der Waals surface area contributed by atoms with Crippen molar-refractivity contribution in [3.05, 3.63) is 33.9 Å². The van der Waals surface area contributed by atoms with E-state index in [1.807, 2.05) is 34.6 Å². The molecule has 304 valence electrons. The highest BCUT2D eigenvalue weighted by Crippen LogP contribution is 2.93. The van der Waals surface area contributed by atoms with Gasteiger partial charge in [-0.15, -0.1) is 5.10 Å². The van der Waals surface area contributed by atoms with Gasteiger partial charge < -0.3 is 19.3 Å². The Hall–Kier alpha value is -4.32.